The highest BCUT2D eigenvalue weighted by atomic mass is 16.5. The fraction of sp³-hybridized carbons (Fsp3) is 0.500. The van der Waals surface area contributed by atoms with Gasteiger partial charge in [0.2, 0.25) is 5.91 Å². The van der Waals surface area contributed by atoms with Crippen LogP contribution in [0.1, 0.15) is 25.5 Å². The first-order valence-corrected chi connectivity index (χ1v) is 8.62. The van der Waals surface area contributed by atoms with Gasteiger partial charge in [0.05, 0.1) is 13.2 Å². The van der Waals surface area contributed by atoms with Crippen LogP contribution in [0.4, 0.5) is 4.79 Å². The van der Waals surface area contributed by atoms with Crippen LogP contribution in [0.25, 0.3) is 0 Å². The molecule has 1 unspecified atom stereocenters. The van der Waals surface area contributed by atoms with E-state index in [1.807, 2.05) is 24.3 Å². The van der Waals surface area contributed by atoms with Crippen LogP contribution in [-0.2, 0) is 9.59 Å². The van der Waals surface area contributed by atoms with Gasteiger partial charge in [0.25, 0.3) is 5.91 Å². The maximum absolute atomic E-state index is 13.0. The number of urea groups is 1. The van der Waals surface area contributed by atoms with E-state index in [-0.39, 0.29) is 18.5 Å². The van der Waals surface area contributed by atoms with E-state index < -0.39 is 17.5 Å². The summed E-state index contributed by atoms with van der Waals surface area (Å²) in [5.41, 5.74) is -0.127. The third-order valence-corrected chi connectivity index (χ3v) is 5.05. The summed E-state index contributed by atoms with van der Waals surface area (Å²) in [5, 5.41) is 5.57. The van der Waals surface area contributed by atoms with Gasteiger partial charge in [-0.25, -0.2) is 4.79 Å². The minimum atomic E-state index is -1.04. The second-order valence-corrected chi connectivity index (χ2v) is 6.95. The molecule has 0 aromatic heterocycles. The Morgan fingerprint density at radius 3 is 2.69 bits per heavy atom. The summed E-state index contributed by atoms with van der Waals surface area (Å²) in [5.74, 6) is 0.130. The van der Waals surface area contributed by atoms with E-state index in [0.29, 0.717) is 25.4 Å². The first-order chi connectivity index (χ1) is 12.4. The first-order valence-electron chi connectivity index (χ1n) is 8.62. The van der Waals surface area contributed by atoms with Crippen molar-refractivity contribution in [3.8, 4) is 5.75 Å². The lowest BCUT2D eigenvalue weighted by atomic mass is 10.0. The molecule has 2 N–H and O–H groups in total. The molecule has 0 saturated carbocycles. The number of rotatable bonds is 4. The number of hydrogen-bond acceptors (Lipinski definition) is 5. The Morgan fingerprint density at radius 1 is 1.31 bits per heavy atom. The van der Waals surface area contributed by atoms with Crippen molar-refractivity contribution in [1.29, 1.82) is 0 Å². The molecule has 2 saturated heterocycles. The molecule has 4 amide bonds. The number of nitrogens with one attached hydrogen (secondary N) is 2. The normalized spacial score (nSPS) is 22.3. The molecule has 1 atom stereocenters. The zero-order chi connectivity index (χ0) is 18.9. The third kappa shape index (κ3) is 3.12. The molecule has 2 aliphatic rings. The fourth-order valence-electron chi connectivity index (χ4n) is 3.41. The van der Waals surface area contributed by atoms with E-state index in [1.54, 1.807) is 25.9 Å². The minimum absolute atomic E-state index is 0.143. The van der Waals surface area contributed by atoms with Gasteiger partial charge in [-0.05, 0) is 19.9 Å². The number of methoxy groups -OCH3 is 1. The van der Waals surface area contributed by atoms with Crippen LogP contribution in [-0.4, -0.2) is 66.5 Å². The fourth-order valence-corrected chi connectivity index (χ4v) is 3.41. The molecule has 2 aliphatic heterocycles. The van der Waals surface area contributed by atoms with Crippen LogP contribution in [0.15, 0.2) is 24.3 Å². The average molecular weight is 360 g/mol. The molecule has 2 heterocycles. The Bertz CT molecular complexity index is 734. The molecule has 8 nitrogen and oxygen atoms in total. The van der Waals surface area contributed by atoms with Crippen LogP contribution in [0, 0.1) is 0 Å². The highest BCUT2D eigenvalue weighted by Crippen LogP contribution is 2.31. The monoisotopic (exact) mass is 360 g/mol. The summed E-state index contributed by atoms with van der Waals surface area (Å²) in [6.07, 6.45) is 0. The second kappa shape index (κ2) is 6.95. The van der Waals surface area contributed by atoms with Gasteiger partial charge < -0.3 is 19.9 Å². The van der Waals surface area contributed by atoms with E-state index in [9.17, 15) is 14.4 Å². The zero-order valence-corrected chi connectivity index (χ0v) is 15.2. The van der Waals surface area contributed by atoms with Crippen LogP contribution < -0.4 is 15.4 Å². The lowest BCUT2D eigenvalue weighted by Gasteiger charge is -2.38. The lowest BCUT2D eigenvalue weighted by Crippen LogP contribution is -2.54. The Hall–Kier alpha value is -2.61. The van der Waals surface area contributed by atoms with E-state index in [2.05, 4.69) is 10.6 Å². The van der Waals surface area contributed by atoms with Crippen molar-refractivity contribution in [3.05, 3.63) is 29.8 Å². The summed E-state index contributed by atoms with van der Waals surface area (Å²) in [6, 6.07) is 6.86. The number of amides is 4. The SMILES string of the molecule is COc1ccccc1C1CNCCN1C(=O)CN1C(=O)NC(=O)C1(C)C. The van der Waals surface area contributed by atoms with Crippen molar-refractivity contribution in [2.75, 3.05) is 33.3 Å². The highest BCUT2D eigenvalue weighted by Gasteiger charge is 2.47. The first kappa shape index (κ1) is 18.2. The number of para-hydroxylation sites is 1. The number of carbonyl (C=O) groups is 3. The third-order valence-electron chi connectivity index (χ3n) is 5.05. The molecule has 1 aromatic carbocycles. The molecule has 0 bridgehead atoms. The molecular formula is C18H24N4O4. The van der Waals surface area contributed by atoms with Crippen LogP contribution >= 0.6 is 0 Å². The number of benzene rings is 1. The van der Waals surface area contributed by atoms with Crippen LogP contribution in [0.2, 0.25) is 0 Å². The maximum Gasteiger partial charge on any atom is 0.325 e. The average Bonchev–Trinajstić information content (AvgIpc) is 2.83. The number of hydrogen-bond donors (Lipinski definition) is 2. The number of nitrogens with zero attached hydrogens (tertiary/aromatic N) is 2. The number of carbonyl (C=O) groups excluding carboxylic acids is 3. The smallest absolute Gasteiger partial charge is 0.325 e. The Balaban J connectivity index is 1.83. The molecule has 2 fully saturated rings. The van der Waals surface area contributed by atoms with Crippen molar-refractivity contribution in [3.63, 3.8) is 0 Å². The molecule has 0 radical (unpaired) electrons. The molecular weight excluding hydrogens is 336 g/mol. The summed E-state index contributed by atoms with van der Waals surface area (Å²) in [7, 11) is 1.60. The number of ether oxygens (including phenoxy) is 1. The van der Waals surface area contributed by atoms with E-state index in [1.165, 1.54) is 4.90 Å². The minimum Gasteiger partial charge on any atom is -0.496 e. The molecule has 0 aliphatic carbocycles. The van der Waals surface area contributed by atoms with Gasteiger partial charge in [0.15, 0.2) is 0 Å². The maximum atomic E-state index is 13.0. The van der Waals surface area contributed by atoms with Crippen molar-refractivity contribution >= 4 is 17.8 Å². The highest BCUT2D eigenvalue weighted by molar-refractivity contribution is 6.07. The van der Waals surface area contributed by atoms with Crippen molar-refractivity contribution in [1.82, 2.24) is 20.4 Å². The number of piperazine rings is 1. The summed E-state index contributed by atoms with van der Waals surface area (Å²) in [6.45, 7) is 4.92. The van der Waals surface area contributed by atoms with Gasteiger partial charge in [-0.1, -0.05) is 18.2 Å². The topological polar surface area (TPSA) is 91.0 Å². The summed E-state index contributed by atoms with van der Waals surface area (Å²) in [4.78, 5) is 40.0. The Morgan fingerprint density at radius 2 is 2.04 bits per heavy atom. The molecule has 1 aromatic rings. The second-order valence-electron chi connectivity index (χ2n) is 6.95. The standard InChI is InChI=1S/C18H24N4O4/c1-18(2)16(24)20-17(25)22(18)11-15(23)21-9-8-19-10-13(21)12-6-4-5-7-14(12)26-3/h4-7,13,19H,8-11H2,1-3H3,(H,20,24,25). The van der Waals surface area contributed by atoms with Gasteiger partial charge in [0, 0.05) is 25.2 Å². The van der Waals surface area contributed by atoms with Crippen molar-refractivity contribution in [2.45, 2.75) is 25.4 Å². The van der Waals surface area contributed by atoms with Gasteiger partial charge in [-0.2, -0.15) is 0 Å². The van der Waals surface area contributed by atoms with E-state index >= 15 is 0 Å². The zero-order valence-electron chi connectivity index (χ0n) is 15.2. The quantitative estimate of drug-likeness (QED) is 0.763. The summed E-state index contributed by atoms with van der Waals surface area (Å²) < 4.78 is 5.44. The van der Waals surface area contributed by atoms with Crippen LogP contribution in [0.5, 0.6) is 5.75 Å². The predicted octanol–water partition coefficient (Wildman–Crippen LogP) is 0.499. The predicted molar refractivity (Wildman–Crippen MR) is 94.6 cm³/mol. The molecule has 3 rings (SSSR count). The largest absolute Gasteiger partial charge is 0.496 e. The van der Waals surface area contributed by atoms with Gasteiger partial charge >= 0.3 is 6.03 Å². The van der Waals surface area contributed by atoms with E-state index in [0.717, 1.165) is 5.56 Å². The molecule has 8 heteroatoms. The summed E-state index contributed by atoms with van der Waals surface area (Å²) >= 11 is 0. The molecule has 0 spiro atoms. The van der Waals surface area contributed by atoms with Crippen molar-refractivity contribution < 1.29 is 19.1 Å². The van der Waals surface area contributed by atoms with Crippen LogP contribution in [0.3, 0.4) is 0 Å². The number of imide groups is 1. The Labute approximate surface area is 152 Å². The molecule has 140 valence electrons. The van der Waals surface area contributed by atoms with Gasteiger partial charge in [-0.15, -0.1) is 0 Å². The van der Waals surface area contributed by atoms with Crippen molar-refractivity contribution in [2.24, 2.45) is 0 Å². The van der Waals surface area contributed by atoms with Gasteiger partial charge in [-0.3, -0.25) is 14.9 Å². The lowest BCUT2D eigenvalue weighted by molar-refractivity contribution is -0.136. The van der Waals surface area contributed by atoms with E-state index in [4.69, 9.17) is 4.74 Å². The Kier molecular flexibility index (Phi) is 4.86. The molecule has 26 heavy (non-hydrogen) atoms. The van der Waals surface area contributed by atoms with Gasteiger partial charge in [0.1, 0.15) is 17.8 Å².